The third-order valence-corrected chi connectivity index (χ3v) is 13.9. The van der Waals surface area contributed by atoms with Gasteiger partial charge in [0, 0.05) is 67.1 Å². The number of nitrogens with one attached hydrogen (secondary N) is 1. The minimum absolute atomic E-state index is 0.00160. The van der Waals surface area contributed by atoms with Gasteiger partial charge in [-0.25, -0.2) is 0 Å². The fraction of sp³-hybridized carbons (Fsp3) is 0.308. The van der Waals surface area contributed by atoms with Crippen LogP contribution >= 0.6 is 0 Å². The molecule has 47 heavy (non-hydrogen) atoms. The van der Waals surface area contributed by atoms with Gasteiger partial charge < -0.3 is 14.6 Å². The van der Waals surface area contributed by atoms with Gasteiger partial charge in [-0.2, -0.15) is 5.10 Å². The molecule has 0 aliphatic heterocycles. The Labute approximate surface area is 279 Å². The van der Waals surface area contributed by atoms with Gasteiger partial charge in [-0.3, -0.25) is 14.5 Å². The zero-order chi connectivity index (χ0) is 33.0. The summed E-state index contributed by atoms with van der Waals surface area (Å²) in [5.41, 5.74) is 4.71. The summed E-state index contributed by atoms with van der Waals surface area (Å²) in [5.74, 6) is 6.67. The maximum absolute atomic E-state index is 13.8. The van der Waals surface area contributed by atoms with Crippen molar-refractivity contribution in [2.24, 2.45) is 0 Å². The molecule has 5 aromatic rings. The lowest BCUT2D eigenvalue weighted by Gasteiger charge is -2.43. The molecule has 0 saturated carbocycles. The smallest absolute Gasteiger partial charge is 0.261 e. The number of anilines is 1. The molecule has 0 fully saturated rings. The number of carbonyl (C=O) groups excluding carboxylic acids is 1. The summed E-state index contributed by atoms with van der Waals surface area (Å²) in [7, 11) is 1.53. The highest BCUT2D eigenvalue weighted by atomic mass is 28.4. The molecule has 0 bridgehead atoms. The van der Waals surface area contributed by atoms with Crippen LogP contribution in [-0.4, -0.2) is 67.6 Å². The van der Waals surface area contributed by atoms with Crippen LogP contribution in [0.4, 0.5) is 5.69 Å². The topological polar surface area (TPSA) is 72.3 Å². The molecule has 8 heteroatoms. The first-order valence-electron chi connectivity index (χ1n) is 16.3. The van der Waals surface area contributed by atoms with Gasteiger partial charge in [-0.1, -0.05) is 81.4 Å². The summed E-state index contributed by atoms with van der Waals surface area (Å²) in [6.45, 7) is 9.65. The second-order valence-electron chi connectivity index (χ2n) is 13.3. The average molecular weight is 642 g/mol. The van der Waals surface area contributed by atoms with Crippen LogP contribution in [0.3, 0.4) is 0 Å². The Hall–Kier alpha value is -4.55. The molecule has 0 spiro atoms. The van der Waals surface area contributed by atoms with Crippen LogP contribution in [0.5, 0.6) is 0 Å². The molecule has 7 nitrogen and oxygen atoms in total. The van der Waals surface area contributed by atoms with Gasteiger partial charge in [0.2, 0.25) is 0 Å². The van der Waals surface area contributed by atoms with Crippen LogP contribution < -0.4 is 15.7 Å². The quantitative estimate of drug-likeness (QED) is 0.107. The Balaban J connectivity index is 1.15. The van der Waals surface area contributed by atoms with E-state index in [0.717, 1.165) is 40.9 Å². The van der Waals surface area contributed by atoms with Crippen molar-refractivity contribution in [2.75, 3.05) is 39.1 Å². The largest absolute Gasteiger partial charge is 0.406 e. The zero-order valence-corrected chi connectivity index (χ0v) is 29.0. The number of nitrogens with zero attached hydrogens (tertiary/aromatic N) is 4. The summed E-state index contributed by atoms with van der Waals surface area (Å²) < 4.78 is 8.98. The molecule has 6 rings (SSSR count). The summed E-state index contributed by atoms with van der Waals surface area (Å²) in [5, 5.41) is 11.8. The number of likely N-dealkylation sites (N-methyl/N-ethyl adjacent to an activating group) is 1. The lowest BCUT2D eigenvalue weighted by Crippen LogP contribution is -2.66. The van der Waals surface area contributed by atoms with Crippen LogP contribution in [0.2, 0.25) is 5.04 Å². The first-order chi connectivity index (χ1) is 22.7. The predicted molar refractivity (Wildman–Crippen MR) is 194 cm³/mol. The fourth-order valence-corrected chi connectivity index (χ4v) is 11.2. The SMILES string of the molecule is CN(C)CCn1nc2c3c(c(NCCC#CCCO[Si](c4ccccc4)(c4ccccc4)C(C)(C)C)ccc31)C(=O)c1ccncc1-2. The number of rotatable bonds is 11. The molecule has 1 N–H and O–H groups in total. The van der Waals surface area contributed by atoms with E-state index >= 15 is 0 Å². The van der Waals surface area contributed by atoms with E-state index < -0.39 is 8.32 Å². The van der Waals surface area contributed by atoms with Crippen LogP contribution in [-0.2, 0) is 11.0 Å². The average Bonchev–Trinajstić information content (AvgIpc) is 3.45. The minimum Gasteiger partial charge on any atom is -0.406 e. The van der Waals surface area contributed by atoms with E-state index in [1.54, 1.807) is 18.5 Å². The molecule has 2 aromatic heterocycles. The molecule has 1 aliphatic carbocycles. The molecular weight excluding hydrogens is 599 g/mol. The Kier molecular flexibility index (Phi) is 9.42. The lowest BCUT2D eigenvalue weighted by molar-refractivity contribution is 0.104. The molecule has 1 aliphatic rings. The van der Waals surface area contributed by atoms with Crippen LogP contribution in [0.15, 0.2) is 91.3 Å². The highest BCUT2D eigenvalue weighted by Gasteiger charge is 2.49. The molecule has 0 saturated heterocycles. The number of ketones is 1. The second kappa shape index (κ2) is 13.7. The highest BCUT2D eigenvalue weighted by Crippen LogP contribution is 2.41. The monoisotopic (exact) mass is 641 g/mol. The number of pyridine rings is 1. The summed E-state index contributed by atoms with van der Waals surface area (Å²) in [6, 6.07) is 27.3. The number of carbonyl (C=O) groups is 1. The molecule has 2 heterocycles. The number of benzene rings is 3. The van der Waals surface area contributed by atoms with E-state index in [2.05, 4.69) is 115 Å². The summed E-state index contributed by atoms with van der Waals surface area (Å²) in [4.78, 5) is 20.2. The van der Waals surface area contributed by atoms with E-state index in [-0.39, 0.29) is 10.8 Å². The van der Waals surface area contributed by atoms with E-state index in [1.807, 2.05) is 24.8 Å². The van der Waals surface area contributed by atoms with Crippen LogP contribution in [0.1, 0.15) is 49.5 Å². The normalized spacial score (nSPS) is 12.6. The molecule has 3 aromatic carbocycles. The molecular formula is C39H43N5O2Si. The van der Waals surface area contributed by atoms with Crippen molar-refractivity contribution >= 4 is 41.1 Å². The first kappa shape index (κ1) is 32.4. The molecule has 0 unspecified atom stereocenters. The van der Waals surface area contributed by atoms with Gasteiger partial charge in [-0.15, -0.1) is 11.8 Å². The Morgan fingerprint density at radius 1 is 0.894 bits per heavy atom. The Bertz CT molecular complexity index is 1900. The van der Waals surface area contributed by atoms with Gasteiger partial charge in [0.25, 0.3) is 8.32 Å². The number of hydrogen-bond donors (Lipinski definition) is 1. The Morgan fingerprint density at radius 2 is 1.57 bits per heavy atom. The fourth-order valence-electron chi connectivity index (χ4n) is 6.68. The van der Waals surface area contributed by atoms with Gasteiger partial charge in [0.05, 0.1) is 17.6 Å². The van der Waals surface area contributed by atoms with Crippen molar-refractivity contribution in [3.63, 3.8) is 0 Å². The predicted octanol–water partition coefficient (Wildman–Crippen LogP) is 5.98. The summed E-state index contributed by atoms with van der Waals surface area (Å²) >= 11 is 0. The van der Waals surface area contributed by atoms with E-state index in [4.69, 9.17) is 9.52 Å². The maximum atomic E-state index is 13.8. The van der Waals surface area contributed by atoms with Crippen molar-refractivity contribution in [3.05, 3.63) is 102 Å². The van der Waals surface area contributed by atoms with Crippen molar-refractivity contribution in [2.45, 2.75) is 45.2 Å². The lowest BCUT2D eigenvalue weighted by atomic mass is 9.87. The third-order valence-electron chi connectivity index (χ3n) is 8.88. The Morgan fingerprint density at radius 3 is 2.23 bits per heavy atom. The van der Waals surface area contributed by atoms with E-state index in [0.29, 0.717) is 37.1 Å². The van der Waals surface area contributed by atoms with Crippen LogP contribution in [0, 0.1) is 11.8 Å². The number of aromatic nitrogens is 3. The molecule has 0 atom stereocenters. The van der Waals surface area contributed by atoms with Crippen molar-refractivity contribution < 1.29 is 9.22 Å². The zero-order valence-electron chi connectivity index (χ0n) is 28.0. The molecule has 0 radical (unpaired) electrons. The number of hydrogen-bond acceptors (Lipinski definition) is 6. The third kappa shape index (κ3) is 6.27. The van der Waals surface area contributed by atoms with Crippen molar-refractivity contribution in [1.82, 2.24) is 19.7 Å². The second-order valence-corrected chi connectivity index (χ2v) is 17.6. The van der Waals surface area contributed by atoms with Gasteiger partial charge in [-0.05, 0) is 47.7 Å². The van der Waals surface area contributed by atoms with E-state index in [9.17, 15) is 4.79 Å². The van der Waals surface area contributed by atoms with Crippen LogP contribution in [0.25, 0.3) is 22.2 Å². The van der Waals surface area contributed by atoms with Gasteiger partial charge in [0.15, 0.2) is 5.78 Å². The molecule has 0 amide bonds. The van der Waals surface area contributed by atoms with Crippen molar-refractivity contribution in [1.29, 1.82) is 0 Å². The summed E-state index contributed by atoms with van der Waals surface area (Å²) in [6.07, 6.45) is 4.73. The highest BCUT2D eigenvalue weighted by molar-refractivity contribution is 6.99. The van der Waals surface area contributed by atoms with E-state index in [1.165, 1.54) is 10.4 Å². The molecule has 240 valence electrons. The van der Waals surface area contributed by atoms with Crippen molar-refractivity contribution in [3.8, 4) is 23.1 Å². The van der Waals surface area contributed by atoms with Gasteiger partial charge in [0.1, 0.15) is 5.69 Å². The number of fused-ring (bicyclic) bond motifs is 2. The minimum atomic E-state index is -2.57. The standard InChI is InChI=1S/C39H43N5O2Si/c1-39(2,3)47(29-16-10-8-11-17-29,30-18-12-9-13-19-30)46-27-15-7-6-14-23-41-33-20-21-34-36-35(33)38(45)31-22-24-40-28-32(31)37(36)42-44(34)26-25-43(4)5/h8-13,16-22,24,28,41H,14-15,23,25-27H2,1-5H3. The van der Waals surface area contributed by atoms with Gasteiger partial charge >= 0.3 is 0 Å². The first-order valence-corrected chi connectivity index (χ1v) is 18.2. The maximum Gasteiger partial charge on any atom is 0.261 e.